The summed E-state index contributed by atoms with van der Waals surface area (Å²) in [5.74, 6) is 1.79. The lowest BCUT2D eigenvalue weighted by Gasteiger charge is -2.43. The van der Waals surface area contributed by atoms with Crippen molar-refractivity contribution in [3.05, 3.63) is 143 Å². The second-order valence-electron chi connectivity index (χ2n) is 21.7. The maximum Gasteiger partial charge on any atom is 0.257 e. The molecule has 0 N–H and O–H groups in total. The third-order valence-electron chi connectivity index (χ3n) is 14.1. The summed E-state index contributed by atoms with van der Waals surface area (Å²) in [4.78, 5) is 5.13. The summed E-state index contributed by atoms with van der Waals surface area (Å²) in [5.41, 5.74) is 17.1. The van der Waals surface area contributed by atoms with E-state index >= 15 is 0 Å². The third kappa shape index (κ3) is 9.68. The lowest BCUT2D eigenvalue weighted by Crippen LogP contribution is -2.61. The molecule has 0 spiro atoms. The van der Waals surface area contributed by atoms with Crippen LogP contribution in [0, 0.1) is 17.8 Å². The van der Waals surface area contributed by atoms with Gasteiger partial charge in [0.25, 0.3) is 6.71 Å². The van der Waals surface area contributed by atoms with E-state index in [9.17, 15) is 0 Å². The smallest absolute Gasteiger partial charge is 0.257 e. The third-order valence-corrected chi connectivity index (χ3v) is 14.1. The molecule has 0 bridgehead atoms. The zero-order chi connectivity index (χ0) is 46.1. The van der Waals surface area contributed by atoms with Gasteiger partial charge in [0.1, 0.15) is 5.58 Å². The molecule has 0 radical (unpaired) electrons. The average molecular weight is 853 g/mol. The molecule has 5 aromatic rings. The number of benzene rings is 4. The molecule has 4 heteroatoms. The number of aryl methyl sites for hydroxylation is 2. The quantitative estimate of drug-likeness (QED) is 0.0419. The molecular weight excluding hydrogens is 775 g/mol. The van der Waals surface area contributed by atoms with Gasteiger partial charge in [0.2, 0.25) is 5.88 Å². The molecule has 4 aromatic carbocycles. The second kappa shape index (κ2) is 18.9. The molecule has 2 aliphatic heterocycles. The number of hydrogen-bond acceptors (Lipinski definition) is 3. The van der Waals surface area contributed by atoms with E-state index in [1.807, 2.05) is 0 Å². The SMILES string of the molecule is C/C=C\C=C/CC/C=C/C(C)(C)CCC(C)(C)/C=C/CN1c2cc(CC)c(C(C)CC)cc2B2c3c1cc(C)cc3N(c1cc(C(C)C)cc(C(C)(C)C)c1)c1oc3ccccc3c12. The molecule has 2 aliphatic rings. The van der Waals surface area contributed by atoms with Gasteiger partial charge in [-0.25, -0.2) is 0 Å². The van der Waals surface area contributed by atoms with Crippen molar-refractivity contribution >= 4 is 62.7 Å². The molecule has 336 valence electrons. The Balaban J connectivity index is 1.36. The first kappa shape index (κ1) is 47.0. The number of nitrogens with zero attached hydrogens (tertiary/aromatic N) is 2. The summed E-state index contributed by atoms with van der Waals surface area (Å²) in [6.07, 6.45) is 24.9. The largest absolute Gasteiger partial charge is 0.440 e. The molecular formula is C60H77BN2O. The van der Waals surface area contributed by atoms with E-state index < -0.39 is 0 Å². The number of anilines is 5. The predicted molar refractivity (Wildman–Crippen MR) is 283 cm³/mol. The van der Waals surface area contributed by atoms with Crippen molar-refractivity contribution in [3.63, 3.8) is 0 Å². The Morgan fingerprint density at radius 1 is 0.734 bits per heavy atom. The maximum absolute atomic E-state index is 7.15. The van der Waals surface area contributed by atoms with E-state index in [4.69, 9.17) is 4.42 Å². The van der Waals surface area contributed by atoms with E-state index in [1.54, 1.807) is 0 Å². The van der Waals surface area contributed by atoms with Crippen LogP contribution in [0.25, 0.3) is 11.0 Å². The molecule has 0 amide bonds. The van der Waals surface area contributed by atoms with Crippen molar-refractivity contribution in [3.8, 4) is 0 Å². The normalized spacial score (nSPS) is 14.9. The molecule has 0 fully saturated rings. The highest BCUT2D eigenvalue weighted by Gasteiger charge is 2.46. The Morgan fingerprint density at radius 3 is 2.09 bits per heavy atom. The zero-order valence-corrected chi connectivity index (χ0v) is 42.0. The summed E-state index contributed by atoms with van der Waals surface area (Å²) >= 11 is 0. The first-order chi connectivity index (χ1) is 30.4. The molecule has 1 unspecified atom stereocenters. The van der Waals surface area contributed by atoms with Gasteiger partial charge >= 0.3 is 0 Å². The van der Waals surface area contributed by atoms with Crippen LogP contribution >= 0.6 is 0 Å². The minimum Gasteiger partial charge on any atom is -0.440 e. The Morgan fingerprint density at radius 2 is 1.42 bits per heavy atom. The average Bonchev–Trinajstić information content (AvgIpc) is 3.63. The summed E-state index contributed by atoms with van der Waals surface area (Å²) < 4.78 is 7.15. The summed E-state index contributed by atoms with van der Waals surface area (Å²) in [6.45, 7) is 33.5. The Bertz CT molecular complexity index is 2590. The van der Waals surface area contributed by atoms with E-state index in [1.165, 1.54) is 72.3 Å². The number of allylic oxidation sites excluding steroid dienone is 7. The van der Waals surface area contributed by atoms with Gasteiger partial charge in [-0.05, 0) is 156 Å². The van der Waals surface area contributed by atoms with Crippen molar-refractivity contribution < 1.29 is 4.42 Å². The van der Waals surface area contributed by atoms with Crippen LogP contribution in [0.4, 0.5) is 28.6 Å². The highest BCUT2D eigenvalue weighted by atomic mass is 16.4. The molecule has 7 rings (SSSR count). The van der Waals surface area contributed by atoms with Crippen molar-refractivity contribution in [2.24, 2.45) is 10.8 Å². The standard InChI is InChI=1S/C60H77BN2O/c1-15-18-19-20-21-22-25-29-59(11,12)31-32-60(13,14)30-26-33-62-51-38-44(17-3)49(43(7)16-2)40-50(51)61-55-48-27-23-24-28-54(48)64-57(55)63(53-35-42(6)34-52(62)56(53)61)47-37-45(41(4)5)36-46(39-47)58(8,9)10/h15,18-20,23-30,34-41,43H,16-17,21-22,31-33H2,1-14H3/b18-15-,20-19-,29-25+,30-26+. The highest BCUT2D eigenvalue weighted by Crippen LogP contribution is 2.46. The maximum atomic E-state index is 7.15. The van der Waals surface area contributed by atoms with Crippen LogP contribution in [0.2, 0.25) is 0 Å². The Hall–Kier alpha value is -4.96. The Labute approximate surface area is 388 Å². The molecule has 0 saturated heterocycles. The minimum absolute atomic E-state index is 0.0179. The number of furan rings is 1. The molecule has 0 aliphatic carbocycles. The van der Waals surface area contributed by atoms with Crippen molar-refractivity contribution in [2.45, 2.75) is 153 Å². The van der Waals surface area contributed by atoms with Gasteiger partial charge in [0.15, 0.2) is 0 Å². The summed E-state index contributed by atoms with van der Waals surface area (Å²) in [5, 5.41) is 1.20. The summed E-state index contributed by atoms with van der Waals surface area (Å²) in [7, 11) is 0. The van der Waals surface area contributed by atoms with E-state index in [2.05, 4.69) is 222 Å². The second-order valence-corrected chi connectivity index (χ2v) is 21.7. The van der Waals surface area contributed by atoms with E-state index in [0.717, 1.165) is 56.5 Å². The fraction of sp³-hybridized carbons (Fsp3) is 0.433. The van der Waals surface area contributed by atoms with Crippen LogP contribution in [-0.4, -0.2) is 13.3 Å². The summed E-state index contributed by atoms with van der Waals surface area (Å²) in [6, 6.07) is 26.0. The van der Waals surface area contributed by atoms with Gasteiger partial charge in [-0.15, -0.1) is 0 Å². The van der Waals surface area contributed by atoms with E-state index in [-0.39, 0.29) is 23.0 Å². The van der Waals surface area contributed by atoms with E-state index in [0.29, 0.717) is 11.8 Å². The number of rotatable bonds is 16. The van der Waals surface area contributed by atoms with Crippen molar-refractivity contribution in [1.29, 1.82) is 0 Å². The van der Waals surface area contributed by atoms with Gasteiger partial charge in [-0.1, -0.05) is 162 Å². The topological polar surface area (TPSA) is 19.6 Å². The van der Waals surface area contributed by atoms with Crippen LogP contribution < -0.4 is 26.2 Å². The number of para-hydroxylation sites is 1. The molecule has 1 atom stereocenters. The van der Waals surface area contributed by atoms with Gasteiger partial charge in [-0.2, -0.15) is 0 Å². The van der Waals surface area contributed by atoms with Gasteiger partial charge in [0.05, 0.1) is 0 Å². The first-order valence-corrected chi connectivity index (χ1v) is 24.6. The van der Waals surface area contributed by atoms with Crippen LogP contribution in [0.1, 0.15) is 162 Å². The number of unbranched alkanes of at least 4 members (excludes halogenated alkanes) is 1. The molecule has 3 nitrogen and oxygen atoms in total. The molecule has 64 heavy (non-hydrogen) atoms. The van der Waals surface area contributed by atoms with Gasteiger partial charge in [-0.3, -0.25) is 4.90 Å². The monoisotopic (exact) mass is 853 g/mol. The van der Waals surface area contributed by atoms with Gasteiger partial charge < -0.3 is 9.32 Å². The minimum atomic E-state index is -0.0179. The number of hydrogen-bond donors (Lipinski definition) is 0. The molecule has 3 heterocycles. The van der Waals surface area contributed by atoms with Crippen LogP contribution in [0.3, 0.4) is 0 Å². The predicted octanol–water partition coefficient (Wildman–Crippen LogP) is 15.8. The van der Waals surface area contributed by atoms with Crippen LogP contribution in [-0.2, 0) is 11.8 Å². The molecule has 1 aromatic heterocycles. The molecule has 0 saturated carbocycles. The first-order valence-electron chi connectivity index (χ1n) is 24.6. The van der Waals surface area contributed by atoms with Crippen LogP contribution in [0.5, 0.6) is 0 Å². The van der Waals surface area contributed by atoms with Gasteiger partial charge in [0, 0.05) is 40.1 Å². The lowest BCUT2D eigenvalue weighted by molar-refractivity contribution is 0.329. The van der Waals surface area contributed by atoms with Crippen molar-refractivity contribution in [1.82, 2.24) is 0 Å². The zero-order valence-electron chi connectivity index (χ0n) is 42.0. The number of fused-ring (bicyclic) bond motifs is 6. The van der Waals surface area contributed by atoms with Crippen LogP contribution in [0.15, 0.2) is 120 Å². The fourth-order valence-electron chi connectivity index (χ4n) is 9.92. The Kier molecular flexibility index (Phi) is 13.9. The highest BCUT2D eigenvalue weighted by molar-refractivity contribution is 7.01. The fourth-order valence-corrected chi connectivity index (χ4v) is 9.92. The van der Waals surface area contributed by atoms with Crippen molar-refractivity contribution in [2.75, 3.05) is 16.3 Å². The lowest BCUT2D eigenvalue weighted by atomic mass is 9.33.